The second kappa shape index (κ2) is 9.36. The van der Waals surface area contributed by atoms with Crippen molar-refractivity contribution in [1.29, 1.82) is 0 Å². The molecule has 1 heterocycles. The maximum absolute atomic E-state index is 13.0. The van der Waals surface area contributed by atoms with Crippen molar-refractivity contribution >= 4 is 11.6 Å². The standard InChI is InChI=1S/C21H26N2O3/c1-25-15-16-26-19-11-9-18(10-12-19)22-21(24)20(23-13-5-6-14-23)17-7-3-2-4-8-17/h2-4,7-12,20H,5-6,13-16H2,1H3,(H,22,24). The van der Waals surface area contributed by atoms with Crippen LogP contribution in [-0.2, 0) is 9.53 Å². The van der Waals surface area contributed by atoms with Crippen LogP contribution in [0.2, 0.25) is 0 Å². The zero-order valence-electron chi connectivity index (χ0n) is 15.2. The van der Waals surface area contributed by atoms with Crippen molar-refractivity contribution < 1.29 is 14.3 Å². The molecule has 0 aromatic heterocycles. The normalized spacial score (nSPS) is 15.6. The topological polar surface area (TPSA) is 50.8 Å². The van der Waals surface area contributed by atoms with Crippen molar-refractivity contribution in [3.63, 3.8) is 0 Å². The van der Waals surface area contributed by atoms with Crippen molar-refractivity contribution in [3.8, 4) is 5.75 Å². The Morgan fingerprint density at radius 1 is 1.04 bits per heavy atom. The first-order valence-electron chi connectivity index (χ1n) is 9.09. The van der Waals surface area contributed by atoms with Gasteiger partial charge in [-0.05, 0) is 55.8 Å². The maximum Gasteiger partial charge on any atom is 0.246 e. The van der Waals surface area contributed by atoms with E-state index in [-0.39, 0.29) is 11.9 Å². The summed E-state index contributed by atoms with van der Waals surface area (Å²) in [5.74, 6) is 0.769. The molecule has 5 nitrogen and oxygen atoms in total. The number of rotatable bonds is 8. The van der Waals surface area contributed by atoms with E-state index < -0.39 is 0 Å². The average molecular weight is 354 g/mol. The van der Waals surface area contributed by atoms with E-state index in [0.717, 1.165) is 42.9 Å². The average Bonchev–Trinajstić information content (AvgIpc) is 3.19. The number of amides is 1. The molecule has 1 fully saturated rings. The Morgan fingerprint density at radius 2 is 1.73 bits per heavy atom. The highest BCUT2D eigenvalue weighted by atomic mass is 16.5. The van der Waals surface area contributed by atoms with E-state index in [2.05, 4.69) is 10.2 Å². The van der Waals surface area contributed by atoms with E-state index in [1.165, 1.54) is 0 Å². The lowest BCUT2D eigenvalue weighted by atomic mass is 10.0. The Labute approximate surface area is 154 Å². The van der Waals surface area contributed by atoms with Crippen LogP contribution in [0.25, 0.3) is 0 Å². The minimum absolute atomic E-state index is 0.00570. The van der Waals surface area contributed by atoms with Gasteiger partial charge in [-0.25, -0.2) is 0 Å². The first-order chi connectivity index (χ1) is 12.8. The summed E-state index contributed by atoms with van der Waals surface area (Å²) in [6, 6.07) is 17.2. The zero-order chi connectivity index (χ0) is 18.2. The van der Waals surface area contributed by atoms with Gasteiger partial charge in [0.2, 0.25) is 5.91 Å². The third-order valence-corrected chi connectivity index (χ3v) is 4.55. The van der Waals surface area contributed by atoms with E-state index in [1.807, 2.05) is 54.6 Å². The molecule has 1 atom stereocenters. The molecular weight excluding hydrogens is 328 g/mol. The van der Waals surface area contributed by atoms with Gasteiger partial charge < -0.3 is 14.8 Å². The molecule has 0 bridgehead atoms. The molecule has 1 N–H and O–H groups in total. The van der Waals surface area contributed by atoms with Gasteiger partial charge in [-0.15, -0.1) is 0 Å². The summed E-state index contributed by atoms with van der Waals surface area (Å²) < 4.78 is 10.5. The molecule has 1 amide bonds. The number of likely N-dealkylation sites (tertiary alicyclic amines) is 1. The molecule has 1 aliphatic rings. The Hall–Kier alpha value is -2.37. The highest BCUT2D eigenvalue weighted by Gasteiger charge is 2.29. The second-order valence-electron chi connectivity index (χ2n) is 6.41. The summed E-state index contributed by atoms with van der Waals surface area (Å²) in [4.78, 5) is 15.3. The molecule has 2 aromatic rings. The number of ether oxygens (including phenoxy) is 2. The number of nitrogens with zero attached hydrogens (tertiary/aromatic N) is 1. The van der Waals surface area contributed by atoms with Crippen LogP contribution in [0.3, 0.4) is 0 Å². The lowest BCUT2D eigenvalue weighted by molar-refractivity contribution is -0.121. The SMILES string of the molecule is COCCOc1ccc(NC(=O)C(c2ccccc2)N2CCCC2)cc1. The predicted molar refractivity (Wildman–Crippen MR) is 102 cm³/mol. The second-order valence-corrected chi connectivity index (χ2v) is 6.41. The molecule has 1 unspecified atom stereocenters. The highest BCUT2D eigenvalue weighted by Crippen LogP contribution is 2.27. The van der Waals surface area contributed by atoms with Crippen molar-refractivity contribution in [2.45, 2.75) is 18.9 Å². The fraction of sp³-hybridized carbons (Fsp3) is 0.381. The third kappa shape index (κ3) is 4.84. The lowest BCUT2D eigenvalue weighted by Gasteiger charge is -2.27. The minimum Gasteiger partial charge on any atom is -0.491 e. The van der Waals surface area contributed by atoms with E-state index in [9.17, 15) is 4.79 Å². The summed E-state index contributed by atoms with van der Waals surface area (Å²) in [7, 11) is 1.64. The van der Waals surface area contributed by atoms with E-state index in [0.29, 0.717) is 13.2 Å². The van der Waals surface area contributed by atoms with Crippen LogP contribution in [0.5, 0.6) is 5.75 Å². The maximum atomic E-state index is 13.0. The summed E-state index contributed by atoms with van der Waals surface area (Å²) in [6.45, 7) is 2.97. The lowest BCUT2D eigenvalue weighted by Crippen LogP contribution is -2.35. The zero-order valence-corrected chi connectivity index (χ0v) is 15.2. The Balaban J connectivity index is 1.67. The molecule has 1 saturated heterocycles. The first kappa shape index (κ1) is 18.4. The molecule has 2 aromatic carbocycles. The van der Waals surface area contributed by atoms with E-state index >= 15 is 0 Å². The molecule has 26 heavy (non-hydrogen) atoms. The first-order valence-corrected chi connectivity index (χ1v) is 9.09. The van der Waals surface area contributed by atoms with Gasteiger partial charge in [0.15, 0.2) is 0 Å². The van der Waals surface area contributed by atoms with Gasteiger partial charge in [0.1, 0.15) is 18.4 Å². The smallest absolute Gasteiger partial charge is 0.246 e. The highest BCUT2D eigenvalue weighted by molar-refractivity contribution is 5.95. The minimum atomic E-state index is -0.253. The number of benzene rings is 2. The van der Waals surface area contributed by atoms with Gasteiger partial charge in [0.25, 0.3) is 0 Å². The molecule has 0 saturated carbocycles. The van der Waals surface area contributed by atoms with Crippen molar-refractivity contribution in [2.24, 2.45) is 0 Å². The monoisotopic (exact) mass is 354 g/mol. The summed E-state index contributed by atoms with van der Waals surface area (Å²) in [5, 5.41) is 3.05. The molecule has 3 rings (SSSR count). The van der Waals surface area contributed by atoms with Crippen LogP contribution in [0.1, 0.15) is 24.4 Å². The van der Waals surface area contributed by atoms with Crippen molar-refractivity contribution in [1.82, 2.24) is 4.90 Å². The van der Waals surface area contributed by atoms with Crippen molar-refractivity contribution in [3.05, 3.63) is 60.2 Å². The number of nitrogens with one attached hydrogen (secondary N) is 1. The molecule has 0 spiro atoms. The molecule has 1 aliphatic heterocycles. The fourth-order valence-electron chi connectivity index (χ4n) is 3.25. The number of methoxy groups -OCH3 is 1. The van der Waals surface area contributed by atoms with Crippen molar-refractivity contribution in [2.75, 3.05) is 38.7 Å². The van der Waals surface area contributed by atoms with Gasteiger partial charge >= 0.3 is 0 Å². The molecule has 0 radical (unpaired) electrons. The summed E-state index contributed by atoms with van der Waals surface area (Å²) in [5.41, 5.74) is 1.81. The summed E-state index contributed by atoms with van der Waals surface area (Å²) in [6.07, 6.45) is 2.29. The molecule has 138 valence electrons. The van der Waals surface area contributed by atoms with E-state index in [1.54, 1.807) is 7.11 Å². The largest absolute Gasteiger partial charge is 0.491 e. The number of carbonyl (C=O) groups is 1. The van der Waals surface area contributed by atoms with Crippen LogP contribution < -0.4 is 10.1 Å². The fourth-order valence-corrected chi connectivity index (χ4v) is 3.25. The Kier molecular flexibility index (Phi) is 6.63. The predicted octanol–water partition coefficient (Wildman–Crippen LogP) is 3.49. The number of anilines is 1. The van der Waals surface area contributed by atoms with Crippen LogP contribution >= 0.6 is 0 Å². The summed E-state index contributed by atoms with van der Waals surface area (Å²) >= 11 is 0. The van der Waals surface area contributed by atoms with Gasteiger partial charge in [-0.3, -0.25) is 9.69 Å². The molecule has 0 aliphatic carbocycles. The van der Waals surface area contributed by atoms with Crippen LogP contribution in [0, 0.1) is 0 Å². The van der Waals surface area contributed by atoms with Crippen LogP contribution in [-0.4, -0.2) is 44.2 Å². The van der Waals surface area contributed by atoms with Gasteiger partial charge in [0, 0.05) is 12.8 Å². The van der Waals surface area contributed by atoms with Gasteiger partial charge in [0.05, 0.1) is 6.61 Å². The molecular formula is C21H26N2O3. The number of carbonyl (C=O) groups excluding carboxylic acids is 1. The number of hydrogen-bond donors (Lipinski definition) is 1. The molecule has 5 heteroatoms. The Morgan fingerprint density at radius 3 is 2.38 bits per heavy atom. The van der Waals surface area contributed by atoms with Crippen LogP contribution in [0.15, 0.2) is 54.6 Å². The Bertz CT molecular complexity index is 682. The number of hydrogen-bond acceptors (Lipinski definition) is 4. The van der Waals surface area contributed by atoms with Gasteiger partial charge in [-0.2, -0.15) is 0 Å². The quantitative estimate of drug-likeness (QED) is 0.738. The van der Waals surface area contributed by atoms with Crippen LogP contribution in [0.4, 0.5) is 5.69 Å². The van der Waals surface area contributed by atoms with Gasteiger partial charge in [-0.1, -0.05) is 30.3 Å². The third-order valence-electron chi connectivity index (χ3n) is 4.55. The van der Waals surface area contributed by atoms with E-state index in [4.69, 9.17) is 9.47 Å².